The van der Waals surface area contributed by atoms with E-state index in [2.05, 4.69) is 40.3 Å². The number of nitrogens with one attached hydrogen (secondary N) is 1. The van der Waals surface area contributed by atoms with Gasteiger partial charge in [0.15, 0.2) is 0 Å². The van der Waals surface area contributed by atoms with Gasteiger partial charge < -0.3 is 14.5 Å². The number of hydrogen-bond donors (Lipinski definition) is 1. The number of nitrogens with zero attached hydrogens (tertiary/aromatic N) is 4. The van der Waals surface area contributed by atoms with Gasteiger partial charge in [0, 0.05) is 36.6 Å². The standard InChI is InChI=1S/C34H33N5O3S/c1-2-28-21-29-31(36-34(37-32(29)43-28)35-30(40)23-42-22-24-9-5-3-6-10-24)38-17-19-39(20-18-38)33(41)27-15-13-26(14-16-27)25-11-7-4-8-12-25/h3-16,21H,2,17-20,22-23H2,1H3,(H,35,36,37,40). The van der Waals surface area contributed by atoms with Gasteiger partial charge in [0.25, 0.3) is 11.8 Å². The second kappa shape index (κ2) is 13.1. The molecule has 0 saturated carbocycles. The molecule has 1 fully saturated rings. The van der Waals surface area contributed by atoms with E-state index in [1.165, 1.54) is 4.88 Å². The van der Waals surface area contributed by atoms with E-state index in [1.54, 1.807) is 11.3 Å². The van der Waals surface area contributed by atoms with Gasteiger partial charge in [-0.25, -0.2) is 4.98 Å². The van der Waals surface area contributed by atoms with Crippen LogP contribution in [0.25, 0.3) is 21.3 Å². The summed E-state index contributed by atoms with van der Waals surface area (Å²) < 4.78 is 5.60. The Labute approximate surface area is 255 Å². The van der Waals surface area contributed by atoms with Crippen molar-refractivity contribution in [3.63, 3.8) is 0 Å². The quantitative estimate of drug-likeness (QED) is 0.225. The summed E-state index contributed by atoms with van der Waals surface area (Å²) in [6, 6.07) is 29.8. The van der Waals surface area contributed by atoms with Gasteiger partial charge in [-0.2, -0.15) is 4.98 Å². The lowest BCUT2D eigenvalue weighted by Crippen LogP contribution is -2.49. The number of carbonyl (C=O) groups excluding carboxylic acids is 2. The second-order valence-corrected chi connectivity index (χ2v) is 11.5. The van der Waals surface area contributed by atoms with Crippen molar-refractivity contribution in [2.75, 3.05) is 43.0 Å². The zero-order valence-corrected chi connectivity index (χ0v) is 24.8. The molecule has 3 heterocycles. The molecule has 5 aromatic rings. The summed E-state index contributed by atoms with van der Waals surface area (Å²) >= 11 is 1.61. The van der Waals surface area contributed by atoms with E-state index in [1.807, 2.05) is 77.7 Å². The molecular weight excluding hydrogens is 558 g/mol. The molecule has 1 N–H and O–H groups in total. The highest BCUT2D eigenvalue weighted by molar-refractivity contribution is 7.18. The molecule has 8 nitrogen and oxygen atoms in total. The van der Waals surface area contributed by atoms with E-state index < -0.39 is 0 Å². The first-order chi connectivity index (χ1) is 21.1. The summed E-state index contributed by atoms with van der Waals surface area (Å²) in [5.41, 5.74) is 3.90. The third kappa shape index (κ3) is 6.74. The summed E-state index contributed by atoms with van der Waals surface area (Å²) in [7, 11) is 0. The number of amides is 2. The first-order valence-electron chi connectivity index (χ1n) is 14.5. The summed E-state index contributed by atoms with van der Waals surface area (Å²) in [6.45, 7) is 4.78. The maximum Gasteiger partial charge on any atom is 0.253 e. The van der Waals surface area contributed by atoms with Gasteiger partial charge in [0.05, 0.1) is 12.0 Å². The number of fused-ring (bicyclic) bond motifs is 1. The fourth-order valence-corrected chi connectivity index (χ4v) is 6.13. The highest BCUT2D eigenvalue weighted by atomic mass is 32.1. The number of ether oxygens (including phenoxy) is 1. The van der Waals surface area contributed by atoms with Gasteiger partial charge >= 0.3 is 0 Å². The molecule has 1 saturated heterocycles. The monoisotopic (exact) mass is 591 g/mol. The van der Waals surface area contributed by atoms with E-state index in [-0.39, 0.29) is 24.4 Å². The number of thiophene rings is 1. The molecule has 2 amide bonds. The summed E-state index contributed by atoms with van der Waals surface area (Å²) in [4.78, 5) is 41.5. The average Bonchev–Trinajstić information content (AvgIpc) is 3.48. The first kappa shape index (κ1) is 28.5. The van der Waals surface area contributed by atoms with E-state index >= 15 is 0 Å². The van der Waals surface area contributed by atoms with Gasteiger partial charge in [-0.1, -0.05) is 79.7 Å². The van der Waals surface area contributed by atoms with Crippen LogP contribution in [0.3, 0.4) is 0 Å². The van der Waals surface area contributed by atoms with Crippen LogP contribution >= 0.6 is 11.3 Å². The summed E-state index contributed by atoms with van der Waals surface area (Å²) in [5.74, 6) is 0.764. The lowest BCUT2D eigenvalue weighted by Gasteiger charge is -2.35. The molecule has 0 bridgehead atoms. The largest absolute Gasteiger partial charge is 0.367 e. The Balaban J connectivity index is 1.12. The highest BCUT2D eigenvalue weighted by Gasteiger charge is 2.25. The fraction of sp³-hybridized carbons (Fsp3) is 0.235. The van der Waals surface area contributed by atoms with Crippen molar-refractivity contribution in [3.8, 4) is 11.1 Å². The zero-order valence-electron chi connectivity index (χ0n) is 24.0. The van der Waals surface area contributed by atoms with Gasteiger partial charge in [0.1, 0.15) is 17.3 Å². The molecule has 2 aromatic heterocycles. The average molecular weight is 592 g/mol. The molecule has 43 heavy (non-hydrogen) atoms. The number of anilines is 2. The summed E-state index contributed by atoms with van der Waals surface area (Å²) in [5, 5.41) is 3.79. The summed E-state index contributed by atoms with van der Waals surface area (Å²) in [6.07, 6.45) is 0.890. The molecule has 0 aliphatic carbocycles. The van der Waals surface area contributed by atoms with Crippen molar-refractivity contribution < 1.29 is 14.3 Å². The van der Waals surface area contributed by atoms with Crippen molar-refractivity contribution in [1.82, 2.24) is 14.9 Å². The normalized spacial score (nSPS) is 13.3. The lowest BCUT2D eigenvalue weighted by atomic mass is 10.0. The van der Waals surface area contributed by atoms with Crippen molar-refractivity contribution in [3.05, 3.63) is 107 Å². The Morgan fingerprint density at radius 3 is 2.23 bits per heavy atom. The van der Waals surface area contributed by atoms with Crippen LogP contribution in [0, 0.1) is 0 Å². The Kier molecular flexibility index (Phi) is 8.72. The maximum atomic E-state index is 13.3. The minimum Gasteiger partial charge on any atom is -0.367 e. The topological polar surface area (TPSA) is 87.7 Å². The van der Waals surface area contributed by atoms with Crippen LogP contribution in [0.4, 0.5) is 11.8 Å². The van der Waals surface area contributed by atoms with E-state index in [0.29, 0.717) is 38.3 Å². The second-order valence-electron chi connectivity index (χ2n) is 10.4. The van der Waals surface area contributed by atoms with Crippen LogP contribution in [0.1, 0.15) is 27.7 Å². The number of carbonyl (C=O) groups is 2. The Bertz CT molecular complexity index is 1700. The molecule has 0 atom stereocenters. The number of aryl methyl sites for hydroxylation is 1. The molecule has 9 heteroatoms. The van der Waals surface area contributed by atoms with Crippen molar-refractivity contribution in [1.29, 1.82) is 0 Å². The first-order valence-corrected chi connectivity index (χ1v) is 15.3. The Morgan fingerprint density at radius 2 is 1.53 bits per heavy atom. The smallest absolute Gasteiger partial charge is 0.253 e. The Hall–Kier alpha value is -4.60. The predicted octanol–water partition coefficient (Wildman–Crippen LogP) is 6.04. The number of hydrogen-bond acceptors (Lipinski definition) is 7. The molecule has 0 radical (unpaired) electrons. The molecule has 218 valence electrons. The van der Waals surface area contributed by atoms with Crippen molar-refractivity contribution >= 4 is 45.1 Å². The third-order valence-corrected chi connectivity index (χ3v) is 8.65. The predicted molar refractivity (Wildman–Crippen MR) is 172 cm³/mol. The van der Waals surface area contributed by atoms with E-state index in [0.717, 1.165) is 39.1 Å². The van der Waals surface area contributed by atoms with Crippen molar-refractivity contribution in [2.45, 2.75) is 20.0 Å². The number of piperazine rings is 1. The van der Waals surface area contributed by atoms with E-state index in [4.69, 9.17) is 9.72 Å². The van der Waals surface area contributed by atoms with Crippen LogP contribution < -0.4 is 10.2 Å². The van der Waals surface area contributed by atoms with Crippen LogP contribution in [-0.2, 0) is 22.6 Å². The van der Waals surface area contributed by atoms with Crippen LogP contribution in [-0.4, -0.2) is 59.5 Å². The minimum atomic E-state index is -0.304. The van der Waals surface area contributed by atoms with Gasteiger partial charge in [0.2, 0.25) is 5.95 Å². The van der Waals surface area contributed by atoms with Gasteiger partial charge in [-0.15, -0.1) is 11.3 Å². The number of benzene rings is 3. The molecular formula is C34H33N5O3S. The van der Waals surface area contributed by atoms with Gasteiger partial charge in [-0.05, 0) is 41.3 Å². The number of rotatable bonds is 9. The highest BCUT2D eigenvalue weighted by Crippen LogP contribution is 2.33. The molecule has 0 spiro atoms. The lowest BCUT2D eigenvalue weighted by molar-refractivity contribution is -0.121. The molecule has 6 rings (SSSR count). The maximum absolute atomic E-state index is 13.3. The molecule has 3 aromatic carbocycles. The van der Waals surface area contributed by atoms with Crippen LogP contribution in [0.2, 0.25) is 0 Å². The Morgan fingerprint density at radius 1 is 0.860 bits per heavy atom. The zero-order chi connectivity index (χ0) is 29.6. The van der Waals surface area contributed by atoms with Gasteiger partial charge in [-0.3, -0.25) is 14.9 Å². The van der Waals surface area contributed by atoms with Crippen LogP contribution in [0.5, 0.6) is 0 Å². The minimum absolute atomic E-state index is 0.0272. The molecule has 1 aliphatic rings. The molecule has 1 aliphatic heterocycles. The van der Waals surface area contributed by atoms with Crippen molar-refractivity contribution in [2.24, 2.45) is 0 Å². The fourth-order valence-electron chi connectivity index (χ4n) is 5.16. The third-order valence-electron chi connectivity index (χ3n) is 7.47. The number of aromatic nitrogens is 2. The SMILES string of the molecule is CCc1cc2c(N3CCN(C(=O)c4ccc(-c5ccccc5)cc4)CC3)nc(NC(=O)COCc3ccccc3)nc2s1. The van der Waals surface area contributed by atoms with Crippen LogP contribution in [0.15, 0.2) is 91.0 Å². The van der Waals surface area contributed by atoms with E-state index in [9.17, 15) is 9.59 Å². The molecule has 0 unspecified atom stereocenters.